The van der Waals surface area contributed by atoms with Gasteiger partial charge in [-0.1, -0.05) is 25.5 Å². The molecule has 0 fully saturated rings. The predicted octanol–water partition coefficient (Wildman–Crippen LogP) is 2.67. The van der Waals surface area contributed by atoms with Crippen molar-refractivity contribution < 1.29 is 14.3 Å². The molecule has 1 rings (SSSR count). The maximum absolute atomic E-state index is 12.7. The van der Waals surface area contributed by atoms with Crippen molar-refractivity contribution in [3.63, 3.8) is 0 Å². The summed E-state index contributed by atoms with van der Waals surface area (Å²) < 4.78 is 12.7. The largest absolute Gasteiger partial charge is 0.396 e. The van der Waals surface area contributed by atoms with E-state index in [1.807, 2.05) is 0 Å². The Kier molecular flexibility index (Phi) is 7.88. The summed E-state index contributed by atoms with van der Waals surface area (Å²) in [6, 6.07) is 6.22. The van der Waals surface area contributed by atoms with E-state index in [2.05, 4.69) is 12.2 Å². The van der Waals surface area contributed by atoms with Crippen LogP contribution in [0.2, 0.25) is 0 Å². The first-order chi connectivity index (χ1) is 9.65. The van der Waals surface area contributed by atoms with Crippen LogP contribution in [0.25, 0.3) is 0 Å². The summed E-state index contributed by atoms with van der Waals surface area (Å²) in [4.78, 5) is 11.7. The Hall–Kier alpha value is -1.42. The van der Waals surface area contributed by atoms with Crippen LogP contribution in [0, 0.1) is 11.7 Å². The van der Waals surface area contributed by atoms with Gasteiger partial charge in [-0.3, -0.25) is 4.79 Å². The first kappa shape index (κ1) is 16.6. The third kappa shape index (κ3) is 6.66. The molecule has 3 nitrogen and oxygen atoms in total. The number of carbonyl (C=O) groups is 1. The minimum absolute atomic E-state index is 0.00775. The van der Waals surface area contributed by atoms with Crippen LogP contribution in [0.5, 0.6) is 0 Å². The monoisotopic (exact) mass is 281 g/mol. The zero-order valence-corrected chi connectivity index (χ0v) is 12.1. The fraction of sp³-hybridized carbons (Fsp3) is 0.562. The van der Waals surface area contributed by atoms with E-state index in [-0.39, 0.29) is 18.3 Å². The van der Waals surface area contributed by atoms with Gasteiger partial charge in [0.25, 0.3) is 0 Å². The molecule has 0 aromatic heterocycles. The molecule has 0 spiro atoms. The van der Waals surface area contributed by atoms with Crippen LogP contribution in [0.15, 0.2) is 24.3 Å². The van der Waals surface area contributed by atoms with Crippen LogP contribution in [-0.2, 0) is 11.2 Å². The van der Waals surface area contributed by atoms with Gasteiger partial charge in [0.15, 0.2) is 0 Å². The van der Waals surface area contributed by atoms with E-state index >= 15 is 0 Å². The van der Waals surface area contributed by atoms with E-state index in [0.29, 0.717) is 25.3 Å². The van der Waals surface area contributed by atoms with E-state index in [1.165, 1.54) is 12.1 Å². The van der Waals surface area contributed by atoms with Gasteiger partial charge in [-0.05, 0) is 42.9 Å². The van der Waals surface area contributed by atoms with Crippen LogP contribution < -0.4 is 5.32 Å². The molecule has 4 heteroatoms. The Bertz CT molecular complexity index is 386. The molecule has 20 heavy (non-hydrogen) atoms. The molecule has 1 unspecified atom stereocenters. The zero-order valence-electron chi connectivity index (χ0n) is 12.1. The normalized spacial score (nSPS) is 12.2. The molecular formula is C16H24FNO2. The smallest absolute Gasteiger partial charge is 0.220 e. The number of hydrogen-bond donors (Lipinski definition) is 2. The standard InChI is InChI=1S/C16H24FNO2/c1-2-3-14(10-11-19)12-18-16(20)9-6-13-4-7-15(17)8-5-13/h4-5,7-8,14,19H,2-3,6,9-12H2,1H3,(H,18,20). The Labute approximate surface area is 120 Å². The number of halogens is 1. The molecule has 0 heterocycles. The Morgan fingerprint density at radius 2 is 2.00 bits per heavy atom. The van der Waals surface area contributed by atoms with Gasteiger partial charge in [0.2, 0.25) is 5.91 Å². The zero-order chi connectivity index (χ0) is 14.8. The molecule has 0 saturated heterocycles. The number of amides is 1. The van der Waals surface area contributed by atoms with Crippen molar-refractivity contribution in [2.75, 3.05) is 13.2 Å². The number of rotatable bonds is 9. The molecule has 0 aliphatic carbocycles. The molecule has 1 atom stereocenters. The average Bonchev–Trinajstić information content (AvgIpc) is 2.44. The highest BCUT2D eigenvalue weighted by Crippen LogP contribution is 2.10. The highest BCUT2D eigenvalue weighted by molar-refractivity contribution is 5.76. The van der Waals surface area contributed by atoms with Crippen LogP contribution in [0.4, 0.5) is 4.39 Å². The van der Waals surface area contributed by atoms with Gasteiger partial charge < -0.3 is 10.4 Å². The second-order valence-corrected chi connectivity index (χ2v) is 5.10. The molecule has 1 aromatic carbocycles. The van der Waals surface area contributed by atoms with E-state index in [4.69, 9.17) is 5.11 Å². The average molecular weight is 281 g/mol. The van der Waals surface area contributed by atoms with Crippen molar-refractivity contribution in [2.24, 2.45) is 5.92 Å². The topological polar surface area (TPSA) is 49.3 Å². The quantitative estimate of drug-likeness (QED) is 0.731. The van der Waals surface area contributed by atoms with Gasteiger partial charge in [0.1, 0.15) is 5.82 Å². The molecule has 0 radical (unpaired) electrons. The highest BCUT2D eigenvalue weighted by atomic mass is 19.1. The molecule has 0 aliphatic heterocycles. The molecule has 0 bridgehead atoms. The fourth-order valence-electron chi connectivity index (χ4n) is 2.19. The lowest BCUT2D eigenvalue weighted by Crippen LogP contribution is -2.29. The third-order valence-electron chi connectivity index (χ3n) is 3.38. The summed E-state index contributed by atoms with van der Waals surface area (Å²) in [7, 11) is 0. The maximum atomic E-state index is 12.7. The first-order valence-corrected chi connectivity index (χ1v) is 7.27. The van der Waals surface area contributed by atoms with E-state index in [1.54, 1.807) is 12.1 Å². The van der Waals surface area contributed by atoms with E-state index in [0.717, 1.165) is 24.8 Å². The summed E-state index contributed by atoms with van der Waals surface area (Å²) in [6.45, 7) is 2.88. The number of benzene rings is 1. The third-order valence-corrected chi connectivity index (χ3v) is 3.38. The van der Waals surface area contributed by atoms with Gasteiger partial charge >= 0.3 is 0 Å². The second-order valence-electron chi connectivity index (χ2n) is 5.10. The number of carbonyl (C=O) groups excluding carboxylic acids is 1. The minimum atomic E-state index is -0.260. The SMILES string of the molecule is CCCC(CCO)CNC(=O)CCc1ccc(F)cc1. The second kappa shape index (κ2) is 9.48. The number of aryl methyl sites for hydroxylation is 1. The lowest BCUT2D eigenvalue weighted by atomic mass is 10.00. The molecule has 0 saturated carbocycles. The van der Waals surface area contributed by atoms with Gasteiger partial charge in [-0.2, -0.15) is 0 Å². The first-order valence-electron chi connectivity index (χ1n) is 7.27. The summed E-state index contributed by atoms with van der Waals surface area (Å²) in [5.74, 6) is 0.0951. The van der Waals surface area contributed by atoms with Crippen molar-refractivity contribution in [2.45, 2.75) is 39.0 Å². The van der Waals surface area contributed by atoms with E-state index in [9.17, 15) is 9.18 Å². The lowest BCUT2D eigenvalue weighted by Gasteiger charge is -2.15. The summed E-state index contributed by atoms with van der Waals surface area (Å²) in [5.41, 5.74) is 0.960. The summed E-state index contributed by atoms with van der Waals surface area (Å²) >= 11 is 0. The predicted molar refractivity (Wildman–Crippen MR) is 77.8 cm³/mol. The van der Waals surface area contributed by atoms with Crippen LogP contribution >= 0.6 is 0 Å². The van der Waals surface area contributed by atoms with Crippen LogP contribution in [0.1, 0.15) is 38.2 Å². The number of aliphatic hydroxyl groups excluding tert-OH is 1. The van der Waals surface area contributed by atoms with Crippen LogP contribution in [-0.4, -0.2) is 24.2 Å². The molecule has 1 amide bonds. The van der Waals surface area contributed by atoms with Crippen molar-refractivity contribution in [1.29, 1.82) is 0 Å². The van der Waals surface area contributed by atoms with Gasteiger partial charge in [-0.15, -0.1) is 0 Å². The van der Waals surface area contributed by atoms with Crippen LogP contribution in [0.3, 0.4) is 0 Å². The molecule has 0 aliphatic rings. The fourth-order valence-corrected chi connectivity index (χ4v) is 2.19. The minimum Gasteiger partial charge on any atom is -0.396 e. The van der Waals surface area contributed by atoms with Crippen molar-refractivity contribution in [3.05, 3.63) is 35.6 Å². The summed E-state index contributed by atoms with van der Waals surface area (Å²) in [6.07, 6.45) is 3.81. The Morgan fingerprint density at radius 1 is 1.30 bits per heavy atom. The summed E-state index contributed by atoms with van der Waals surface area (Å²) in [5, 5.41) is 11.9. The van der Waals surface area contributed by atoms with Gasteiger partial charge in [0.05, 0.1) is 0 Å². The van der Waals surface area contributed by atoms with Crippen molar-refractivity contribution in [3.8, 4) is 0 Å². The Morgan fingerprint density at radius 3 is 2.60 bits per heavy atom. The number of hydrogen-bond acceptors (Lipinski definition) is 2. The van der Waals surface area contributed by atoms with E-state index < -0.39 is 0 Å². The molecule has 2 N–H and O–H groups in total. The molecule has 112 valence electrons. The highest BCUT2D eigenvalue weighted by Gasteiger charge is 2.09. The number of aliphatic hydroxyl groups is 1. The molecular weight excluding hydrogens is 257 g/mol. The van der Waals surface area contributed by atoms with Crippen molar-refractivity contribution in [1.82, 2.24) is 5.32 Å². The van der Waals surface area contributed by atoms with Gasteiger partial charge in [-0.25, -0.2) is 4.39 Å². The molecule has 1 aromatic rings. The van der Waals surface area contributed by atoms with Crippen molar-refractivity contribution >= 4 is 5.91 Å². The number of nitrogens with one attached hydrogen (secondary N) is 1. The Balaban J connectivity index is 2.27. The van der Waals surface area contributed by atoms with Gasteiger partial charge in [0, 0.05) is 19.6 Å². The maximum Gasteiger partial charge on any atom is 0.220 e. The lowest BCUT2D eigenvalue weighted by molar-refractivity contribution is -0.121.